The molecule has 2 heterocycles. The summed E-state index contributed by atoms with van der Waals surface area (Å²) >= 11 is 0. The van der Waals surface area contributed by atoms with Gasteiger partial charge in [-0.1, -0.05) is 19.1 Å². The van der Waals surface area contributed by atoms with Crippen LogP contribution in [0.2, 0.25) is 0 Å². The molecule has 2 aromatic rings. The summed E-state index contributed by atoms with van der Waals surface area (Å²) < 4.78 is 10.8. The van der Waals surface area contributed by atoms with Crippen LogP contribution in [0, 0.1) is 0 Å². The molecule has 0 saturated carbocycles. The molecule has 4 nitrogen and oxygen atoms in total. The second kappa shape index (κ2) is 6.76. The van der Waals surface area contributed by atoms with Gasteiger partial charge < -0.3 is 14.4 Å². The number of aliphatic imine (C=N–C) groups is 1. The Balaban J connectivity index is 1.64. The fourth-order valence-corrected chi connectivity index (χ4v) is 3.93. The number of fused-ring (bicyclic) bond motifs is 2. The molecular weight excluding hydrogens is 336 g/mol. The lowest BCUT2D eigenvalue weighted by atomic mass is 9.88. The zero-order valence-electron chi connectivity index (χ0n) is 16.5. The van der Waals surface area contributed by atoms with Crippen LogP contribution in [0.3, 0.4) is 0 Å². The Morgan fingerprint density at radius 1 is 1.11 bits per heavy atom. The van der Waals surface area contributed by atoms with Crippen LogP contribution in [-0.2, 0) is 0 Å². The van der Waals surface area contributed by atoms with Gasteiger partial charge in [0.1, 0.15) is 0 Å². The molecule has 0 unspecified atom stereocenters. The first-order valence-electron chi connectivity index (χ1n) is 9.53. The summed E-state index contributed by atoms with van der Waals surface area (Å²) in [4.78, 5) is 7.11. The highest BCUT2D eigenvalue weighted by Crippen LogP contribution is 2.39. The minimum atomic E-state index is 0.0369. The maximum absolute atomic E-state index is 5.42. The van der Waals surface area contributed by atoms with Gasteiger partial charge in [0, 0.05) is 30.1 Å². The van der Waals surface area contributed by atoms with E-state index in [2.05, 4.69) is 61.9 Å². The maximum Gasteiger partial charge on any atom is 0.231 e. The zero-order valence-corrected chi connectivity index (χ0v) is 16.5. The zero-order chi connectivity index (χ0) is 19.0. The van der Waals surface area contributed by atoms with Crippen LogP contribution < -0.4 is 14.4 Å². The first kappa shape index (κ1) is 17.7. The lowest BCUT2D eigenvalue weighted by molar-refractivity contribution is 0.174. The van der Waals surface area contributed by atoms with Gasteiger partial charge >= 0.3 is 0 Å². The van der Waals surface area contributed by atoms with E-state index < -0.39 is 0 Å². The normalized spacial score (nSPS) is 17.2. The number of hydrogen-bond donors (Lipinski definition) is 0. The average molecular weight is 362 g/mol. The number of hydrogen-bond acceptors (Lipinski definition) is 4. The second-order valence-electron chi connectivity index (χ2n) is 7.71. The number of anilines is 1. The third-order valence-electron chi connectivity index (χ3n) is 5.17. The molecule has 0 bridgehead atoms. The Morgan fingerprint density at radius 2 is 1.93 bits per heavy atom. The van der Waals surface area contributed by atoms with E-state index in [1.54, 1.807) is 0 Å². The van der Waals surface area contributed by atoms with Crippen LogP contribution in [0.5, 0.6) is 11.5 Å². The first-order valence-corrected chi connectivity index (χ1v) is 9.53. The smallest absolute Gasteiger partial charge is 0.231 e. The summed E-state index contributed by atoms with van der Waals surface area (Å²) in [6.07, 6.45) is 5.40. The van der Waals surface area contributed by atoms with E-state index in [0.717, 1.165) is 35.7 Å². The van der Waals surface area contributed by atoms with E-state index in [1.807, 2.05) is 24.4 Å². The summed E-state index contributed by atoms with van der Waals surface area (Å²) in [6, 6.07) is 12.4. The van der Waals surface area contributed by atoms with Crippen molar-refractivity contribution < 1.29 is 9.47 Å². The highest BCUT2D eigenvalue weighted by Gasteiger charge is 2.30. The van der Waals surface area contributed by atoms with Crippen molar-refractivity contribution in [1.82, 2.24) is 0 Å². The molecule has 4 rings (SSSR count). The van der Waals surface area contributed by atoms with E-state index in [4.69, 9.17) is 9.47 Å². The van der Waals surface area contributed by atoms with Crippen molar-refractivity contribution in [1.29, 1.82) is 0 Å². The summed E-state index contributed by atoms with van der Waals surface area (Å²) in [6.45, 7) is 10.3. The molecule has 2 aliphatic rings. The van der Waals surface area contributed by atoms with Crippen LogP contribution in [-0.4, -0.2) is 25.1 Å². The Hall–Kier alpha value is -2.75. The lowest BCUT2D eigenvalue weighted by Gasteiger charge is -2.43. The molecular formula is C23H26N2O2. The maximum atomic E-state index is 5.42. The molecule has 0 saturated heterocycles. The standard InChI is InChI=1S/C23H26N2O2/c1-5-10-25-20-8-6-17(11-19(20)16(2)13-23(25,3)4)14-24-18-7-9-21-22(12-18)27-15-26-21/h6-9,11-14H,5,10,15H2,1-4H3. The molecule has 140 valence electrons. The third kappa shape index (κ3) is 3.32. The van der Waals surface area contributed by atoms with Crippen molar-refractivity contribution >= 4 is 23.2 Å². The Morgan fingerprint density at radius 3 is 2.74 bits per heavy atom. The minimum Gasteiger partial charge on any atom is -0.454 e. The van der Waals surface area contributed by atoms with Gasteiger partial charge in [0.25, 0.3) is 0 Å². The first-order chi connectivity index (χ1) is 13.0. The molecule has 2 aliphatic heterocycles. The Labute approximate surface area is 161 Å². The summed E-state index contributed by atoms with van der Waals surface area (Å²) in [5, 5.41) is 0. The predicted octanol–water partition coefficient (Wildman–Crippen LogP) is 5.58. The van der Waals surface area contributed by atoms with E-state index in [0.29, 0.717) is 0 Å². The van der Waals surface area contributed by atoms with Crippen molar-refractivity contribution in [3.05, 3.63) is 53.6 Å². The molecule has 0 N–H and O–H groups in total. The van der Waals surface area contributed by atoms with Crippen LogP contribution in [0.4, 0.5) is 11.4 Å². The molecule has 0 aliphatic carbocycles. The fourth-order valence-electron chi connectivity index (χ4n) is 3.93. The number of nitrogens with zero attached hydrogens (tertiary/aromatic N) is 2. The number of benzene rings is 2. The molecule has 0 atom stereocenters. The quantitative estimate of drug-likeness (QED) is 0.666. The van der Waals surface area contributed by atoms with Gasteiger partial charge in [0.2, 0.25) is 6.79 Å². The summed E-state index contributed by atoms with van der Waals surface area (Å²) in [7, 11) is 0. The lowest BCUT2D eigenvalue weighted by Crippen LogP contribution is -2.45. The van der Waals surface area contributed by atoms with Crippen molar-refractivity contribution in [2.75, 3.05) is 18.2 Å². The Kier molecular flexibility index (Phi) is 4.42. The van der Waals surface area contributed by atoms with Crippen LogP contribution >= 0.6 is 0 Å². The highest BCUT2D eigenvalue weighted by atomic mass is 16.7. The third-order valence-corrected chi connectivity index (χ3v) is 5.17. The highest BCUT2D eigenvalue weighted by molar-refractivity contribution is 5.88. The van der Waals surface area contributed by atoms with E-state index in [-0.39, 0.29) is 12.3 Å². The summed E-state index contributed by atoms with van der Waals surface area (Å²) in [5.74, 6) is 1.54. The van der Waals surface area contributed by atoms with Gasteiger partial charge in [-0.3, -0.25) is 4.99 Å². The summed E-state index contributed by atoms with van der Waals surface area (Å²) in [5.41, 5.74) is 5.91. The largest absolute Gasteiger partial charge is 0.454 e. The number of allylic oxidation sites excluding steroid dienone is 1. The second-order valence-corrected chi connectivity index (χ2v) is 7.71. The number of ether oxygens (including phenoxy) is 2. The van der Waals surface area contributed by atoms with Crippen LogP contribution in [0.15, 0.2) is 47.5 Å². The van der Waals surface area contributed by atoms with Gasteiger partial charge in [-0.05, 0) is 62.6 Å². The van der Waals surface area contributed by atoms with Crippen molar-refractivity contribution in [2.45, 2.75) is 39.7 Å². The molecule has 0 aromatic heterocycles. The minimum absolute atomic E-state index is 0.0369. The molecule has 0 radical (unpaired) electrons. The monoisotopic (exact) mass is 362 g/mol. The van der Waals surface area contributed by atoms with Gasteiger partial charge in [-0.25, -0.2) is 0 Å². The van der Waals surface area contributed by atoms with Gasteiger partial charge in [0.15, 0.2) is 11.5 Å². The van der Waals surface area contributed by atoms with Crippen LogP contribution in [0.1, 0.15) is 45.2 Å². The van der Waals surface area contributed by atoms with Crippen molar-refractivity contribution in [2.24, 2.45) is 4.99 Å². The molecule has 4 heteroatoms. The van der Waals surface area contributed by atoms with Gasteiger partial charge in [0.05, 0.1) is 11.2 Å². The molecule has 27 heavy (non-hydrogen) atoms. The molecule has 0 fully saturated rings. The predicted molar refractivity (Wildman–Crippen MR) is 112 cm³/mol. The van der Waals surface area contributed by atoms with Crippen molar-refractivity contribution in [3.63, 3.8) is 0 Å². The van der Waals surface area contributed by atoms with Gasteiger partial charge in [-0.15, -0.1) is 0 Å². The van der Waals surface area contributed by atoms with E-state index >= 15 is 0 Å². The SMILES string of the molecule is CCCN1c2ccc(C=Nc3ccc4c(c3)OCO4)cc2C(C)=CC1(C)C. The molecule has 0 amide bonds. The average Bonchev–Trinajstić information content (AvgIpc) is 3.11. The van der Waals surface area contributed by atoms with E-state index in [9.17, 15) is 0 Å². The van der Waals surface area contributed by atoms with Gasteiger partial charge in [-0.2, -0.15) is 0 Å². The van der Waals surface area contributed by atoms with E-state index in [1.165, 1.54) is 16.8 Å². The van der Waals surface area contributed by atoms with Crippen LogP contribution in [0.25, 0.3) is 5.57 Å². The molecule has 2 aromatic carbocycles. The Bertz CT molecular complexity index is 928. The fraction of sp³-hybridized carbons (Fsp3) is 0.348. The van der Waals surface area contributed by atoms with Crippen molar-refractivity contribution in [3.8, 4) is 11.5 Å². The molecule has 0 spiro atoms. The topological polar surface area (TPSA) is 34.1 Å². The number of rotatable bonds is 4.